The molecule has 6 heteroatoms. The van der Waals surface area contributed by atoms with Crippen LogP contribution in [0.2, 0.25) is 0 Å². The van der Waals surface area contributed by atoms with Crippen LogP contribution >= 0.6 is 0 Å². The van der Waals surface area contributed by atoms with Gasteiger partial charge in [0, 0.05) is 18.6 Å². The van der Waals surface area contributed by atoms with Gasteiger partial charge in [0.05, 0.1) is 5.56 Å². The fourth-order valence-electron chi connectivity index (χ4n) is 1.15. The van der Waals surface area contributed by atoms with Crippen molar-refractivity contribution in [3.8, 4) is 0 Å². The van der Waals surface area contributed by atoms with E-state index < -0.39 is 17.6 Å². The maximum absolute atomic E-state index is 13.0. The third-order valence-electron chi connectivity index (χ3n) is 1.77. The van der Waals surface area contributed by atoms with Crippen LogP contribution in [0.1, 0.15) is 5.56 Å². The Morgan fingerprint density at radius 3 is 2.64 bits per heavy atom. The van der Waals surface area contributed by atoms with Crippen LogP contribution in [0.5, 0.6) is 0 Å². The van der Waals surface area contributed by atoms with Crippen LogP contribution in [0.15, 0.2) is 24.7 Å². The number of aromatic nitrogens is 2. The van der Waals surface area contributed by atoms with Crippen LogP contribution in [0.25, 0.3) is 5.65 Å². The van der Waals surface area contributed by atoms with Gasteiger partial charge in [-0.05, 0) is 6.07 Å². The molecule has 0 amide bonds. The van der Waals surface area contributed by atoms with E-state index in [1.807, 2.05) is 0 Å². The molecule has 0 spiro atoms. The molecule has 2 aromatic rings. The monoisotopic (exact) mass is 204 g/mol. The highest BCUT2D eigenvalue weighted by Crippen LogP contribution is 2.29. The molecular formula is C8H4F4N2. The molecule has 0 aromatic carbocycles. The first-order chi connectivity index (χ1) is 6.48. The van der Waals surface area contributed by atoms with E-state index in [9.17, 15) is 17.6 Å². The molecule has 0 fully saturated rings. The minimum atomic E-state index is -4.54. The van der Waals surface area contributed by atoms with Crippen LogP contribution in [0.3, 0.4) is 0 Å². The molecule has 0 aliphatic rings. The second-order valence-corrected chi connectivity index (χ2v) is 2.73. The van der Waals surface area contributed by atoms with E-state index in [-0.39, 0.29) is 5.65 Å². The van der Waals surface area contributed by atoms with Crippen LogP contribution in [0, 0.1) is 5.82 Å². The number of imidazole rings is 1. The maximum Gasteiger partial charge on any atom is 0.417 e. The van der Waals surface area contributed by atoms with E-state index in [1.165, 1.54) is 12.4 Å². The molecule has 0 aliphatic carbocycles. The Morgan fingerprint density at radius 2 is 2.00 bits per heavy atom. The van der Waals surface area contributed by atoms with E-state index >= 15 is 0 Å². The molecule has 0 saturated carbocycles. The zero-order chi connectivity index (χ0) is 10.3. The summed E-state index contributed by atoms with van der Waals surface area (Å²) < 4.78 is 50.6. The average Bonchev–Trinajstić information content (AvgIpc) is 2.50. The van der Waals surface area contributed by atoms with Gasteiger partial charge in [-0.1, -0.05) is 0 Å². The van der Waals surface area contributed by atoms with Crippen LogP contribution in [-0.2, 0) is 6.18 Å². The molecule has 2 heterocycles. The SMILES string of the molecule is Fc1cc(C(F)(F)F)cn2ccnc12. The second kappa shape index (κ2) is 2.70. The van der Waals surface area contributed by atoms with E-state index in [0.717, 1.165) is 10.6 Å². The van der Waals surface area contributed by atoms with Crippen molar-refractivity contribution >= 4 is 5.65 Å². The standard InChI is InChI=1S/C8H4F4N2/c9-6-3-5(8(10,11)12)4-14-2-1-13-7(6)14/h1-4H. The first-order valence-electron chi connectivity index (χ1n) is 3.68. The lowest BCUT2D eigenvalue weighted by atomic mass is 10.2. The number of halogens is 4. The first-order valence-corrected chi connectivity index (χ1v) is 3.68. The second-order valence-electron chi connectivity index (χ2n) is 2.73. The fourth-order valence-corrected chi connectivity index (χ4v) is 1.15. The Hall–Kier alpha value is -1.59. The topological polar surface area (TPSA) is 17.3 Å². The highest BCUT2D eigenvalue weighted by Gasteiger charge is 2.31. The summed E-state index contributed by atoms with van der Waals surface area (Å²) in [7, 11) is 0. The zero-order valence-electron chi connectivity index (χ0n) is 6.72. The van der Waals surface area contributed by atoms with Crippen molar-refractivity contribution in [2.24, 2.45) is 0 Å². The number of rotatable bonds is 0. The Labute approximate surface area is 75.8 Å². The Kier molecular flexibility index (Phi) is 1.73. The van der Waals surface area contributed by atoms with Gasteiger partial charge in [0.15, 0.2) is 11.5 Å². The molecule has 2 nitrogen and oxygen atoms in total. The van der Waals surface area contributed by atoms with Crippen molar-refractivity contribution in [3.63, 3.8) is 0 Å². The number of hydrogen-bond donors (Lipinski definition) is 0. The van der Waals surface area contributed by atoms with E-state index in [0.29, 0.717) is 6.07 Å². The van der Waals surface area contributed by atoms with Gasteiger partial charge in [0.1, 0.15) is 0 Å². The number of fused-ring (bicyclic) bond motifs is 1. The summed E-state index contributed by atoms with van der Waals surface area (Å²) in [6, 6.07) is 0.433. The van der Waals surface area contributed by atoms with Gasteiger partial charge in [-0.2, -0.15) is 13.2 Å². The molecule has 2 aromatic heterocycles. The van der Waals surface area contributed by atoms with E-state index in [4.69, 9.17) is 0 Å². The smallest absolute Gasteiger partial charge is 0.304 e. The van der Waals surface area contributed by atoms with Crippen LogP contribution in [-0.4, -0.2) is 9.38 Å². The summed E-state index contributed by atoms with van der Waals surface area (Å²) in [5.41, 5.74) is -1.14. The molecule has 2 rings (SSSR count). The minimum absolute atomic E-state index is 0.113. The molecule has 14 heavy (non-hydrogen) atoms. The van der Waals surface area contributed by atoms with Crippen molar-refractivity contribution in [1.29, 1.82) is 0 Å². The zero-order valence-corrected chi connectivity index (χ0v) is 6.72. The van der Waals surface area contributed by atoms with Gasteiger partial charge in [0.2, 0.25) is 0 Å². The van der Waals surface area contributed by atoms with Gasteiger partial charge in [0.25, 0.3) is 0 Å². The van der Waals surface area contributed by atoms with Gasteiger partial charge in [-0.25, -0.2) is 9.37 Å². The molecule has 0 radical (unpaired) electrons. The summed E-state index contributed by atoms with van der Waals surface area (Å²) in [6.07, 6.45) is -1.25. The summed E-state index contributed by atoms with van der Waals surface area (Å²) in [5.74, 6) is -0.982. The molecule has 74 valence electrons. The largest absolute Gasteiger partial charge is 0.417 e. The molecule has 0 atom stereocenters. The van der Waals surface area contributed by atoms with E-state index in [1.54, 1.807) is 0 Å². The van der Waals surface area contributed by atoms with Crippen molar-refractivity contribution in [2.45, 2.75) is 6.18 Å². The average molecular weight is 204 g/mol. The number of pyridine rings is 1. The van der Waals surface area contributed by atoms with E-state index in [2.05, 4.69) is 4.98 Å². The summed E-state index contributed by atoms with van der Waals surface area (Å²) in [4.78, 5) is 3.56. The van der Waals surface area contributed by atoms with Crippen LogP contribution in [0.4, 0.5) is 17.6 Å². The molecule has 0 bridgehead atoms. The lowest BCUT2D eigenvalue weighted by Crippen LogP contribution is -2.07. The van der Waals surface area contributed by atoms with Crippen molar-refractivity contribution in [1.82, 2.24) is 9.38 Å². The molecular weight excluding hydrogens is 200 g/mol. The molecule has 0 saturated heterocycles. The van der Waals surface area contributed by atoms with Gasteiger partial charge in [-0.15, -0.1) is 0 Å². The predicted molar refractivity (Wildman–Crippen MR) is 40.2 cm³/mol. The maximum atomic E-state index is 13.0. The molecule has 0 aliphatic heterocycles. The lowest BCUT2D eigenvalue weighted by Gasteiger charge is -2.06. The van der Waals surface area contributed by atoms with Crippen molar-refractivity contribution in [2.75, 3.05) is 0 Å². The third-order valence-corrected chi connectivity index (χ3v) is 1.77. The summed E-state index contributed by atoms with van der Waals surface area (Å²) in [5, 5.41) is 0. The molecule has 0 unspecified atom stereocenters. The van der Waals surface area contributed by atoms with Crippen molar-refractivity contribution < 1.29 is 17.6 Å². The quantitative estimate of drug-likeness (QED) is 0.602. The number of nitrogens with zero attached hydrogens (tertiary/aromatic N) is 2. The number of alkyl halides is 3. The van der Waals surface area contributed by atoms with Crippen LogP contribution < -0.4 is 0 Å². The van der Waals surface area contributed by atoms with Gasteiger partial charge in [-0.3, -0.25) is 0 Å². The molecule has 0 N–H and O–H groups in total. The highest BCUT2D eigenvalue weighted by molar-refractivity contribution is 5.42. The Balaban J connectivity index is 2.70. The Bertz CT molecular complexity index is 472. The number of hydrogen-bond acceptors (Lipinski definition) is 1. The summed E-state index contributed by atoms with van der Waals surface area (Å²) in [6.45, 7) is 0. The lowest BCUT2D eigenvalue weighted by molar-refractivity contribution is -0.138. The van der Waals surface area contributed by atoms with Gasteiger partial charge >= 0.3 is 6.18 Å². The fraction of sp³-hybridized carbons (Fsp3) is 0.125. The normalized spacial score (nSPS) is 12.3. The summed E-state index contributed by atoms with van der Waals surface area (Å²) >= 11 is 0. The van der Waals surface area contributed by atoms with Crippen molar-refractivity contribution in [3.05, 3.63) is 36.0 Å². The van der Waals surface area contributed by atoms with Gasteiger partial charge < -0.3 is 4.40 Å². The highest BCUT2D eigenvalue weighted by atomic mass is 19.4. The Morgan fingerprint density at radius 1 is 1.29 bits per heavy atom. The first kappa shape index (κ1) is 8.98. The predicted octanol–water partition coefficient (Wildman–Crippen LogP) is 2.49. The third kappa shape index (κ3) is 1.32. The minimum Gasteiger partial charge on any atom is -0.304 e.